The van der Waals surface area contributed by atoms with Gasteiger partial charge in [-0.3, -0.25) is 0 Å². The minimum Gasteiger partial charge on any atom is -0.459 e. The fraction of sp³-hybridized carbons (Fsp3) is 0.870. The van der Waals surface area contributed by atoms with Crippen molar-refractivity contribution in [3.8, 4) is 0 Å². The van der Waals surface area contributed by atoms with E-state index in [1.165, 1.54) is 6.92 Å². The second-order valence-corrected chi connectivity index (χ2v) is 33.9. The van der Waals surface area contributed by atoms with Crippen molar-refractivity contribution in [2.24, 2.45) is 0 Å². The highest BCUT2D eigenvalue weighted by Gasteiger charge is 2.72. The number of carbonyl (C=O) groups excluding carboxylic acids is 1. The van der Waals surface area contributed by atoms with Crippen LogP contribution >= 0.6 is 0 Å². The lowest BCUT2D eigenvalue weighted by atomic mass is 10.0. The zero-order valence-electron chi connectivity index (χ0n) is 27.3. The summed E-state index contributed by atoms with van der Waals surface area (Å²) in [4.78, 5) is 12.5. The maximum atomic E-state index is 14.4. The smallest absolute Gasteiger partial charge is 0.459 e. The first-order chi connectivity index (χ1) is 18.8. The predicted octanol–water partition coefficient (Wildman–Crippen LogP) is 6.50. The molecule has 0 rings (SSSR count). The van der Waals surface area contributed by atoms with E-state index in [-0.39, 0.29) is 5.57 Å². The van der Waals surface area contributed by atoms with E-state index in [1.807, 2.05) is 72.0 Å². The number of alkyl halides is 7. The van der Waals surface area contributed by atoms with Crippen LogP contribution in [0.3, 0.4) is 0 Å². The van der Waals surface area contributed by atoms with Crippen LogP contribution in [0.1, 0.15) is 26.2 Å². The number of hydrogen-bond acceptors (Lipinski definition) is 7. The Morgan fingerprint density at radius 3 is 1.65 bits per heavy atom. The first kappa shape index (κ1) is 42.8. The van der Waals surface area contributed by atoms with E-state index in [0.29, 0.717) is 0 Å². The molecule has 0 spiro atoms. The molecule has 0 fully saturated rings. The number of halogens is 7. The molecule has 2 unspecified atom stereocenters. The van der Waals surface area contributed by atoms with Crippen molar-refractivity contribution >= 4 is 59.3 Å². The average Bonchev–Trinajstić information content (AvgIpc) is 2.71. The molecular weight excluding hydrogens is 690 g/mol. The van der Waals surface area contributed by atoms with Crippen molar-refractivity contribution in [3.05, 3.63) is 12.2 Å². The summed E-state index contributed by atoms with van der Waals surface area (Å²) in [5, 5.41) is 0. The molecule has 0 aromatic carbocycles. The van der Waals surface area contributed by atoms with Gasteiger partial charge < -0.3 is 25.9 Å². The maximum absolute atomic E-state index is 14.4. The highest BCUT2D eigenvalue weighted by molar-refractivity contribution is 6.80. The van der Waals surface area contributed by atoms with E-state index >= 15 is 0 Å². The Kier molecular flexibility index (Phi) is 15.5. The van der Waals surface area contributed by atoms with Crippen LogP contribution in [0.25, 0.3) is 0 Å². The third kappa shape index (κ3) is 16.3. The van der Waals surface area contributed by atoms with E-state index in [1.54, 1.807) is 0 Å². The van der Waals surface area contributed by atoms with Crippen LogP contribution in [0.4, 0.5) is 30.7 Å². The Hall–Kier alpha value is -0.179. The molecule has 0 aliphatic rings. The molecule has 0 N–H and O–H groups in total. The van der Waals surface area contributed by atoms with Crippen molar-refractivity contribution in [2.45, 2.75) is 128 Å². The van der Waals surface area contributed by atoms with Gasteiger partial charge in [0.1, 0.15) is 6.10 Å². The van der Waals surface area contributed by atoms with Crippen LogP contribution in [0.15, 0.2) is 12.2 Å². The Morgan fingerprint density at radius 1 is 0.837 bits per heavy atom. The van der Waals surface area contributed by atoms with Crippen LogP contribution in [-0.4, -0.2) is 88.8 Å². The molecule has 0 saturated carbocycles. The van der Waals surface area contributed by atoms with E-state index in [2.05, 4.69) is 6.58 Å². The maximum Gasteiger partial charge on any atom is 0.465 e. The summed E-state index contributed by atoms with van der Waals surface area (Å²) in [6.45, 7) is 25.6. The fourth-order valence-electron chi connectivity index (χ4n) is 3.34. The average molecular weight is 739 g/mol. The van der Waals surface area contributed by atoms with Crippen LogP contribution in [0.2, 0.25) is 72.0 Å². The SMILES string of the molecule is C=C(C)C(=O)OC(CCC(F)(F)C(F)(F)C(F)(F)F)CC(O[SiH](C)C)(O[SiH](O[Si](C)(C)C)O[Si](C)(C)C)[SiH2]O[Si](C)(C)C. The molecule has 43 heavy (non-hydrogen) atoms. The zero-order valence-corrected chi connectivity index (χ0v) is 34.0. The van der Waals surface area contributed by atoms with Gasteiger partial charge in [-0.2, -0.15) is 30.7 Å². The first-order valence-corrected chi connectivity index (χ1v) is 29.6. The molecular formula is C23H49F7O7Si6. The summed E-state index contributed by atoms with van der Waals surface area (Å²) in [7, 11) is -13.9. The molecule has 0 radical (unpaired) electrons. The number of ether oxygens (including phenoxy) is 1. The summed E-state index contributed by atoms with van der Waals surface area (Å²) in [5.41, 5.74) is -1.80. The van der Waals surface area contributed by atoms with Crippen molar-refractivity contribution in [1.29, 1.82) is 0 Å². The molecule has 256 valence electrons. The molecule has 20 heteroatoms. The minimum atomic E-state index is -6.49. The fourth-order valence-corrected chi connectivity index (χ4v) is 15.6. The molecule has 0 heterocycles. The van der Waals surface area contributed by atoms with Crippen molar-refractivity contribution in [1.82, 2.24) is 0 Å². The molecule has 7 nitrogen and oxygen atoms in total. The third-order valence-corrected chi connectivity index (χ3v) is 19.6. The lowest BCUT2D eigenvalue weighted by Gasteiger charge is -2.43. The van der Waals surface area contributed by atoms with E-state index in [0.717, 1.165) is 0 Å². The summed E-state index contributed by atoms with van der Waals surface area (Å²) >= 11 is 0. The second kappa shape index (κ2) is 15.6. The third-order valence-electron chi connectivity index (χ3n) is 5.14. The summed E-state index contributed by atoms with van der Waals surface area (Å²) < 4.78 is 132. The molecule has 0 aromatic rings. The lowest BCUT2D eigenvalue weighted by Crippen LogP contribution is -2.58. The standard InChI is InChI=1S/C23H49F7O7Si6/c1-17(2)19(31)32-18(14-15-20(24,25)22(26,27)23(28,29)30)16-21(33-39(3)4,38-35-41(5,6)7)34-40(36-42(8,9)10)37-43(11,12)13/h18,39-40H,1,14-16,38H2,2-13H3. The van der Waals surface area contributed by atoms with Gasteiger partial charge in [-0.25, -0.2) is 4.79 Å². The van der Waals surface area contributed by atoms with Gasteiger partial charge in [0.05, 0.1) is 0 Å². The quantitative estimate of drug-likeness (QED) is 0.0493. The van der Waals surface area contributed by atoms with Crippen molar-refractivity contribution in [3.63, 3.8) is 0 Å². The summed E-state index contributed by atoms with van der Waals surface area (Å²) in [6.07, 6.45) is -11.5. The van der Waals surface area contributed by atoms with Crippen molar-refractivity contribution in [2.75, 3.05) is 0 Å². The van der Waals surface area contributed by atoms with Gasteiger partial charge in [0.15, 0.2) is 39.4 Å². The van der Waals surface area contributed by atoms with Crippen LogP contribution in [-0.2, 0) is 30.7 Å². The molecule has 2 atom stereocenters. The predicted molar refractivity (Wildman–Crippen MR) is 167 cm³/mol. The van der Waals surface area contributed by atoms with Gasteiger partial charge in [0.2, 0.25) is 9.76 Å². The molecule has 0 amide bonds. The zero-order chi connectivity index (χ0) is 34.5. The Labute approximate surface area is 260 Å². The molecule has 0 aliphatic carbocycles. The van der Waals surface area contributed by atoms with Crippen LogP contribution in [0.5, 0.6) is 0 Å². The van der Waals surface area contributed by atoms with Crippen LogP contribution < -0.4 is 0 Å². The minimum absolute atomic E-state index is 0.130. The van der Waals surface area contributed by atoms with Gasteiger partial charge in [0.25, 0.3) is 0 Å². The van der Waals surface area contributed by atoms with Gasteiger partial charge >= 0.3 is 33.5 Å². The summed E-state index contributed by atoms with van der Waals surface area (Å²) in [6, 6.07) is 0. The van der Waals surface area contributed by atoms with Gasteiger partial charge in [-0.15, -0.1) is 0 Å². The highest BCUT2D eigenvalue weighted by atomic mass is 28.5. The Bertz CT molecular complexity index is 906. The molecule has 0 saturated heterocycles. The Balaban J connectivity index is 6.88. The topological polar surface area (TPSA) is 72.5 Å². The first-order valence-electron chi connectivity index (χ1n) is 13.9. The number of carbonyl (C=O) groups is 1. The highest BCUT2D eigenvalue weighted by Crippen LogP contribution is 2.49. The molecule has 0 bridgehead atoms. The largest absolute Gasteiger partial charge is 0.465 e. The van der Waals surface area contributed by atoms with Gasteiger partial charge in [0, 0.05) is 18.4 Å². The van der Waals surface area contributed by atoms with E-state index in [9.17, 15) is 35.5 Å². The normalized spacial score (nSPS) is 16.7. The van der Waals surface area contributed by atoms with E-state index in [4.69, 9.17) is 25.9 Å². The summed E-state index contributed by atoms with van der Waals surface area (Å²) in [5.74, 6) is -12.8. The number of esters is 1. The monoisotopic (exact) mass is 738 g/mol. The molecule has 0 aliphatic heterocycles. The number of rotatable bonds is 19. The van der Waals surface area contributed by atoms with Gasteiger partial charge in [-0.1, -0.05) is 6.58 Å². The van der Waals surface area contributed by atoms with Crippen LogP contribution in [0, 0.1) is 0 Å². The number of hydrogen-bond donors (Lipinski definition) is 0. The van der Waals surface area contributed by atoms with E-state index < -0.39 is 108 Å². The van der Waals surface area contributed by atoms with Gasteiger partial charge in [-0.05, 0) is 85.4 Å². The van der Waals surface area contributed by atoms with Crippen molar-refractivity contribution < 1.29 is 61.5 Å². The second-order valence-electron chi connectivity index (χ2n) is 13.7. The molecule has 0 aromatic heterocycles. The lowest BCUT2D eigenvalue weighted by molar-refractivity contribution is -0.356. The Morgan fingerprint density at radius 2 is 1.30 bits per heavy atom.